The van der Waals surface area contributed by atoms with E-state index in [1.807, 2.05) is 48.5 Å². The molecule has 1 amide bonds. The third kappa shape index (κ3) is 6.81. The summed E-state index contributed by atoms with van der Waals surface area (Å²) in [4.78, 5) is 24.5. The zero-order valence-electron chi connectivity index (χ0n) is 18.3. The highest BCUT2D eigenvalue weighted by Gasteiger charge is 2.25. The number of benzene rings is 2. The van der Waals surface area contributed by atoms with Gasteiger partial charge < -0.3 is 24.4 Å². The van der Waals surface area contributed by atoms with E-state index >= 15 is 0 Å². The molecule has 8 nitrogen and oxygen atoms in total. The summed E-state index contributed by atoms with van der Waals surface area (Å²) in [6, 6.07) is 16.0. The number of nitrogens with zero attached hydrogens (tertiary/aromatic N) is 1. The van der Waals surface area contributed by atoms with Crippen LogP contribution in [0.4, 0.5) is 0 Å². The molecule has 0 aliphatic rings. The van der Waals surface area contributed by atoms with Crippen LogP contribution in [0, 0.1) is 0 Å². The van der Waals surface area contributed by atoms with Gasteiger partial charge in [-0.05, 0) is 47.3 Å². The number of methoxy groups -OCH3 is 1. The third-order valence-corrected chi connectivity index (χ3v) is 5.15. The number of aromatic nitrogens is 1. The van der Waals surface area contributed by atoms with Crippen molar-refractivity contribution in [3.63, 3.8) is 0 Å². The van der Waals surface area contributed by atoms with Gasteiger partial charge >= 0.3 is 5.97 Å². The summed E-state index contributed by atoms with van der Waals surface area (Å²) >= 11 is 6.08. The van der Waals surface area contributed by atoms with Crippen LogP contribution in [0.1, 0.15) is 29.5 Å². The molecule has 0 radical (unpaired) electrons. The average Bonchev–Trinajstić information content (AvgIpc) is 3.29. The van der Waals surface area contributed by atoms with E-state index in [4.69, 9.17) is 25.6 Å². The van der Waals surface area contributed by atoms with Crippen molar-refractivity contribution >= 4 is 23.5 Å². The molecular weight excluding hydrogens is 448 g/mol. The number of amides is 1. The Morgan fingerprint density at radius 3 is 2.55 bits per heavy atom. The number of carbonyl (C=O) groups is 2. The lowest BCUT2D eigenvalue weighted by Gasteiger charge is -2.21. The lowest BCUT2D eigenvalue weighted by atomic mass is 9.97. The van der Waals surface area contributed by atoms with Gasteiger partial charge in [-0.2, -0.15) is 0 Å². The Hall–Kier alpha value is -3.36. The number of hydrogen-bond acceptors (Lipinski definition) is 7. The quantitative estimate of drug-likeness (QED) is 0.433. The van der Waals surface area contributed by atoms with E-state index in [1.54, 1.807) is 6.92 Å². The Balaban J connectivity index is 1.74. The number of halogens is 1. The fourth-order valence-electron chi connectivity index (χ4n) is 3.30. The van der Waals surface area contributed by atoms with Crippen molar-refractivity contribution in [1.29, 1.82) is 0 Å². The Kier molecular flexibility index (Phi) is 8.46. The largest absolute Gasteiger partial charge is 0.479 e. The number of esters is 1. The predicted octanol–water partition coefficient (Wildman–Crippen LogP) is 3.66. The molecule has 0 aliphatic carbocycles. The van der Waals surface area contributed by atoms with Crippen molar-refractivity contribution in [2.45, 2.75) is 31.9 Å². The lowest BCUT2D eigenvalue weighted by Crippen LogP contribution is -2.40. The fourth-order valence-corrected chi connectivity index (χ4v) is 3.49. The molecule has 2 N–H and O–H groups in total. The molecule has 0 fully saturated rings. The zero-order valence-corrected chi connectivity index (χ0v) is 19.0. The minimum absolute atomic E-state index is 0.0358. The summed E-state index contributed by atoms with van der Waals surface area (Å²) in [7, 11) is 1.41. The first-order chi connectivity index (χ1) is 15.9. The molecule has 0 bridgehead atoms. The van der Waals surface area contributed by atoms with Gasteiger partial charge in [0.25, 0.3) is 11.8 Å². The van der Waals surface area contributed by atoms with E-state index in [-0.39, 0.29) is 24.7 Å². The first kappa shape index (κ1) is 24.3. The molecule has 1 heterocycles. The van der Waals surface area contributed by atoms with Crippen LogP contribution in [0.5, 0.6) is 5.88 Å². The smallest absolute Gasteiger partial charge is 0.335 e. The molecule has 174 valence electrons. The zero-order chi connectivity index (χ0) is 23.8. The molecule has 0 saturated heterocycles. The highest BCUT2D eigenvalue weighted by molar-refractivity contribution is 6.30. The topological polar surface area (TPSA) is 111 Å². The number of ether oxygens (including phenoxy) is 2. The van der Waals surface area contributed by atoms with Crippen LogP contribution < -0.4 is 10.1 Å². The van der Waals surface area contributed by atoms with Crippen molar-refractivity contribution in [2.75, 3.05) is 13.7 Å². The lowest BCUT2D eigenvalue weighted by molar-refractivity contribution is -0.153. The maximum atomic E-state index is 12.6. The van der Waals surface area contributed by atoms with Gasteiger partial charge in [0.15, 0.2) is 6.10 Å². The molecule has 3 rings (SSSR count). The molecule has 1 aromatic heterocycles. The highest BCUT2D eigenvalue weighted by atomic mass is 35.5. The normalized spacial score (nSPS) is 12.6. The number of carbonyl (C=O) groups excluding carboxylic acids is 2. The van der Waals surface area contributed by atoms with E-state index in [0.717, 1.165) is 16.7 Å². The van der Waals surface area contributed by atoms with Crippen LogP contribution in [0.2, 0.25) is 5.02 Å². The van der Waals surface area contributed by atoms with Crippen molar-refractivity contribution in [2.24, 2.45) is 0 Å². The van der Waals surface area contributed by atoms with Gasteiger partial charge in [-0.15, -0.1) is 0 Å². The van der Waals surface area contributed by atoms with Gasteiger partial charge in [-0.3, -0.25) is 4.79 Å². The van der Waals surface area contributed by atoms with Gasteiger partial charge in [-0.25, -0.2) is 4.79 Å². The van der Waals surface area contributed by atoms with Crippen LogP contribution >= 0.6 is 11.6 Å². The Bertz CT molecular complexity index is 1080. The molecule has 3 aromatic rings. The van der Waals surface area contributed by atoms with Crippen LogP contribution in [-0.2, 0) is 16.0 Å². The van der Waals surface area contributed by atoms with Crippen molar-refractivity contribution in [1.82, 2.24) is 10.5 Å². The summed E-state index contributed by atoms with van der Waals surface area (Å²) in [5, 5.41) is 17.3. The number of hydrogen-bond donors (Lipinski definition) is 2. The molecule has 33 heavy (non-hydrogen) atoms. The van der Waals surface area contributed by atoms with E-state index in [9.17, 15) is 14.7 Å². The van der Waals surface area contributed by atoms with Crippen LogP contribution in [-0.4, -0.2) is 48.0 Å². The van der Waals surface area contributed by atoms with E-state index in [0.29, 0.717) is 11.4 Å². The summed E-state index contributed by atoms with van der Waals surface area (Å²) in [6.07, 6.45) is -1.06. The first-order valence-electron chi connectivity index (χ1n) is 10.4. The number of aliphatic hydroxyl groups excluding tert-OH is 1. The molecule has 0 saturated carbocycles. The third-order valence-electron chi connectivity index (χ3n) is 4.92. The monoisotopic (exact) mass is 472 g/mol. The molecule has 2 aromatic carbocycles. The molecular formula is C24H25ClN2O6. The Morgan fingerprint density at radius 2 is 1.91 bits per heavy atom. The minimum Gasteiger partial charge on any atom is -0.479 e. The Morgan fingerprint density at radius 1 is 1.15 bits per heavy atom. The molecule has 9 heteroatoms. The van der Waals surface area contributed by atoms with Crippen LogP contribution in [0.3, 0.4) is 0 Å². The second-order valence-electron chi connectivity index (χ2n) is 7.32. The summed E-state index contributed by atoms with van der Waals surface area (Å²) < 4.78 is 14.8. The van der Waals surface area contributed by atoms with Crippen LogP contribution in [0.15, 0.2) is 59.1 Å². The van der Waals surface area contributed by atoms with E-state index < -0.39 is 24.0 Å². The van der Waals surface area contributed by atoms with E-state index in [1.165, 1.54) is 13.2 Å². The minimum atomic E-state index is -1.38. The fraction of sp³-hybridized carbons (Fsp3) is 0.292. The first-order valence-corrected chi connectivity index (χ1v) is 10.8. The molecule has 2 atom stereocenters. The second-order valence-corrected chi connectivity index (χ2v) is 7.76. The standard InChI is InChI=1S/C24H25ClN2O6/c1-3-32-24(30)20(28)13-19(26-23(29)21-14-22(31-2)27-33-21)11-15-7-9-16(10-8-15)17-5-4-6-18(25)12-17/h4-10,12,14,19-20,28H,3,11,13H2,1-2H3,(H,26,29). The van der Waals surface area contributed by atoms with Crippen LogP contribution in [0.25, 0.3) is 11.1 Å². The van der Waals surface area contributed by atoms with Crippen molar-refractivity contribution in [3.8, 4) is 17.0 Å². The van der Waals surface area contributed by atoms with Gasteiger partial charge in [0, 0.05) is 17.5 Å². The van der Waals surface area contributed by atoms with Gasteiger partial charge in [0.05, 0.1) is 19.8 Å². The van der Waals surface area contributed by atoms with Crippen molar-refractivity contribution in [3.05, 3.63) is 70.9 Å². The maximum absolute atomic E-state index is 12.6. The summed E-state index contributed by atoms with van der Waals surface area (Å²) in [5.41, 5.74) is 2.87. The summed E-state index contributed by atoms with van der Waals surface area (Å²) in [6.45, 7) is 1.80. The molecule has 0 spiro atoms. The second kappa shape index (κ2) is 11.5. The average molecular weight is 473 g/mol. The Labute approximate surface area is 196 Å². The maximum Gasteiger partial charge on any atom is 0.335 e. The number of aliphatic hydroxyl groups is 1. The number of rotatable bonds is 10. The highest BCUT2D eigenvalue weighted by Crippen LogP contribution is 2.23. The van der Waals surface area contributed by atoms with Crippen molar-refractivity contribution < 1.29 is 28.7 Å². The van der Waals surface area contributed by atoms with Gasteiger partial charge in [0.1, 0.15) is 0 Å². The SMILES string of the molecule is CCOC(=O)C(O)CC(Cc1ccc(-c2cccc(Cl)c2)cc1)NC(=O)c1cc(OC)no1. The number of nitrogens with one attached hydrogen (secondary N) is 1. The molecule has 2 unspecified atom stereocenters. The van der Waals surface area contributed by atoms with Gasteiger partial charge in [-0.1, -0.05) is 48.0 Å². The summed E-state index contributed by atoms with van der Waals surface area (Å²) in [5.74, 6) is -1.16. The van der Waals surface area contributed by atoms with Gasteiger partial charge in [0.2, 0.25) is 5.76 Å². The predicted molar refractivity (Wildman–Crippen MR) is 122 cm³/mol. The van der Waals surface area contributed by atoms with E-state index in [2.05, 4.69) is 10.5 Å². The molecule has 0 aliphatic heterocycles.